The van der Waals surface area contributed by atoms with E-state index < -0.39 is 0 Å². The van der Waals surface area contributed by atoms with Crippen LogP contribution in [0.1, 0.15) is 5.69 Å². The van der Waals surface area contributed by atoms with Crippen LogP contribution in [-0.2, 0) is 11.3 Å². The molecular formula is C20H17N7O. The highest BCUT2D eigenvalue weighted by atomic mass is 16.1. The summed E-state index contributed by atoms with van der Waals surface area (Å²) in [6.45, 7) is 2.15. The summed E-state index contributed by atoms with van der Waals surface area (Å²) < 4.78 is 3.62. The van der Waals surface area contributed by atoms with Gasteiger partial charge < -0.3 is 19.5 Å². The summed E-state index contributed by atoms with van der Waals surface area (Å²) in [5.74, 6) is 0.666. The monoisotopic (exact) mass is 371 g/mol. The fourth-order valence-electron chi connectivity index (χ4n) is 3.34. The summed E-state index contributed by atoms with van der Waals surface area (Å²) in [7, 11) is 0. The Morgan fingerprint density at radius 3 is 3.04 bits per heavy atom. The van der Waals surface area contributed by atoms with Gasteiger partial charge in [-0.2, -0.15) is 5.10 Å². The molecule has 5 aromatic rings. The first-order valence-corrected chi connectivity index (χ1v) is 8.86. The van der Waals surface area contributed by atoms with E-state index in [0.717, 1.165) is 45.5 Å². The maximum absolute atomic E-state index is 10.8. The molecule has 0 aliphatic carbocycles. The van der Waals surface area contributed by atoms with E-state index in [0.29, 0.717) is 5.82 Å². The van der Waals surface area contributed by atoms with E-state index in [-0.39, 0.29) is 6.54 Å². The van der Waals surface area contributed by atoms with Crippen LogP contribution in [0.25, 0.3) is 27.8 Å². The zero-order valence-corrected chi connectivity index (χ0v) is 15.1. The second kappa shape index (κ2) is 6.34. The first-order chi connectivity index (χ1) is 13.7. The van der Waals surface area contributed by atoms with Crippen LogP contribution in [0.15, 0.2) is 55.2 Å². The fourth-order valence-corrected chi connectivity index (χ4v) is 3.34. The van der Waals surface area contributed by atoms with Crippen molar-refractivity contribution < 1.29 is 4.79 Å². The number of carbonyl (C=O) groups is 1. The van der Waals surface area contributed by atoms with Gasteiger partial charge in [0.2, 0.25) is 0 Å². The molecule has 8 heteroatoms. The van der Waals surface area contributed by atoms with Gasteiger partial charge in [-0.05, 0) is 25.1 Å². The number of rotatable bonds is 5. The Hall–Kier alpha value is -3.94. The highest BCUT2D eigenvalue weighted by Gasteiger charge is 2.11. The minimum absolute atomic E-state index is 0.230. The van der Waals surface area contributed by atoms with Gasteiger partial charge in [0.05, 0.1) is 23.3 Å². The minimum Gasteiger partial charge on any atom is -0.360 e. The standard InChI is InChI=1S/C20H17N7O/c1-13-8-19(25-27(13)6-7-28)24-18-10-15(12-26-5-4-22-20(18)26)14-9-17-16(23-11-14)2-3-21-17/h2-5,7-12,21H,6H2,1H3,(H,24,25). The third-order valence-electron chi connectivity index (χ3n) is 4.71. The van der Waals surface area contributed by atoms with Crippen LogP contribution in [0.2, 0.25) is 0 Å². The molecule has 0 radical (unpaired) electrons. The number of nitrogens with zero attached hydrogens (tertiary/aromatic N) is 5. The first kappa shape index (κ1) is 16.2. The molecule has 0 unspecified atom stereocenters. The number of hydrogen-bond donors (Lipinski definition) is 2. The summed E-state index contributed by atoms with van der Waals surface area (Å²) in [6, 6.07) is 7.96. The molecule has 5 heterocycles. The van der Waals surface area contributed by atoms with Crippen molar-refractivity contribution >= 4 is 34.5 Å². The van der Waals surface area contributed by atoms with Crippen molar-refractivity contribution in [2.45, 2.75) is 13.5 Å². The lowest BCUT2D eigenvalue weighted by atomic mass is 10.1. The maximum Gasteiger partial charge on any atom is 0.160 e. The molecule has 0 aliphatic rings. The van der Waals surface area contributed by atoms with Gasteiger partial charge in [0, 0.05) is 53.9 Å². The molecule has 5 aromatic heterocycles. The van der Waals surface area contributed by atoms with E-state index in [2.05, 4.69) is 31.4 Å². The van der Waals surface area contributed by atoms with Crippen molar-refractivity contribution in [1.29, 1.82) is 0 Å². The van der Waals surface area contributed by atoms with Gasteiger partial charge in [-0.15, -0.1) is 0 Å². The zero-order valence-electron chi connectivity index (χ0n) is 15.1. The van der Waals surface area contributed by atoms with Crippen LogP contribution in [0, 0.1) is 6.92 Å². The number of fused-ring (bicyclic) bond motifs is 2. The van der Waals surface area contributed by atoms with E-state index in [1.54, 1.807) is 10.9 Å². The molecule has 5 rings (SSSR count). The number of aromatic nitrogens is 6. The predicted octanol–water partition coefficient (Wildman–Crippen LogP) is 3.33. The lowest BCUT2D eigenvalue weighted by Gasteiger charge is -2.09. The number of aromatic amines is 1. The van der Waals surface area contributed by atoms with Crippen LogP contribution in [0.3, 0.4) is 0 Å². The van der Waals surface area contributed by atoms with E-state index >= 15 is 0 Å². The van der Waals surface area contributed by atoms with Gasteiger partial charge in [-0.1, -0.05) is 0 Å². The molecule has 0 amide bonds. The molecule has 0 aromatic carbocycles. The van der Waals surface area contributed by atoms with Crippen molar-refractivity contribution in [2.24, 2.45) is 0 Å². The SMILES string of the molecule is Cc1cc(Nc2cc(-c3cnc4cc[nH]c4c3)cn3ccnc23)nn1CC=O. The average molecular weight is 371 g/mol. The van der Waals surface area contributed by atoms with Crippen LogP contribution in [0.5, 0.6) is 0 Å². The van der Waals surface area contributed by atoms with Crippen LogP contribution in [0.4, 0.5) is 11.5 Å². The Morgan fingerprint density at radius 1 is 1.21 bits per heavy atom. The van der Waals surface area contributed by atoms with Gasteiger partial charge in [-0.25, -0.2) is 4.98 Å². The molecule has 0 spiro atoms. The van der Waals surface area contributed by atoms with E-state index in [9.17, 15) is 4.79 Å². The summed E-state index contributed by atoms with van der Waals surface area (Å²) in [6.07, 6.45) is 10.3. The molecule has 0 atom stereocenters. The zero-order chi connectivity index (χ0) is 19.1. The number of anilines is 2. The molecule has 0 aliphatic heterocycles. The van der Waals surface area contributed by atoms with Gasteiger partial charge >= 0.3 is 0 Å². The van der Waals surface area contributed by atoms with Crippen molar-refractivity contribution in [3.63, 3.8) is 0 Å². The normalized spacial score (nSPS) is 11.3. The minimum atomic E-state index is 0.230. The van der Waals surface area contributed by atoms with Gasteiger partial charge in [0.15, 0.2) is 11.5 Å². The average Bonchev–Trinajstić information content (AvgIpc) is 3.41. The van der Waals surface area contributed by atoms with Crippen molar-refractivity contribution in [1.82, 2.24) is 29.1 Å². The third kappa shape index (κ3) is 2.71. The third-order valence-corrected chi connectivity index (χ3v) is 4.71. The van der Waals surface area contributed by atoms with Crippen molar-refractivity contribution in [3.05, 3.63) is 60.9 Å². The molecule has 0 saturated carbocycles. The van der Waals surface area contributed by atoms with Crippen LogP contribution >= 0.6 is 0 Å². The number of pyridine rings is 2. The molecule has 8 nitrogen and oxygen atoms in total. The summed E-state index contributed by atoms with van der Waals surface area (Å²) in [5, 5.41) is 7.78. The van der Waals surface area contributed by atoms with Gasteiger partial charge in [0.1, 0.15) is 6.29 Å². The topological polar surface area (TPSA) is 92.9 Å². The second-order valence-corrected chi connectivity index (χ2v) is 6.58. The summed E-state index contributed by atoms with van der Waals surface area (Å²) in [4.78, 5) is 23.0. The molecule has 28 heavy (non-hydrogen) atoms. The molecule has 138 valence electrons. The number of H-pyrrole nitrogens is 1. The number of imidazole rings is 1. The number of nitrogens with one attached hydrogen (secondary N) is 2. The van der Waals surface area contributed by atoms with E-state index in [4.69, 9.17) is 0 Å². The molecular weight excluding hydrogens is 354 g/mol. The second-order valence-electron chi connectivity index (χ2n) is 6.58. The largest absolute Gasteiger partial charge is 0.360 e. The smallest absolute Gasteiger partial charge is 0.160 e. The Labute approximate surface area is 159 Å². The number of carbonyl (C=O) groups excluding carboxylic acids is 1. The highest BCUT2D eigenvalue weighted by Crippen LogP contribution is 2.29. The van der Waals surface area contributed by atoms with Gasteiger partial charge in [0.25, 0.3) is 0 Å². The molecule has 2 N–H and O–H groups in total. The Kier molecular flexibility index (Phi) is 3.68. The number of hydrogen-bond acceptors (Lipinski definition) is 5. The lowest BCUT2D eigenvalue weighted by molar-refractivity contribution is -0.108. The van der Waals surface area contributed by atoms with Crippen LogP contribution in [-0.4, -0.2) is 35.4 Å². The Balaban J connectivity index is 1.59. The molecule has 0 fully saturated rings. The number of aryl methyl sites for hydroxylation is 1. The summed E-state index contributed by atoms with van der Waals surface area (Å²) in [5.41, 5.74) is 6.44. The lowest BCUT2D eigenvalue weighted by Crippen LogP contribution is -2.03. The molecule has 0 saturated heterocycles. The van der Waals surface area contributed by atoms with Gasteiger partial charge in [-0.3, -0.25) is 9.67 Å². The quantitative estimate of drug-likeness (QED) is 0.462. The maximum atomic E-state index is 10.8. The fraction of sp³-hybridized carbons (Fsp3) is 0.100. The molecule has 0 bridgehead atoms. The van der Waals surface area contributed by atoms with Crippen LogP contribution < -0.4 is 5.32 Å². The predicted molar refractivity (Wildman–Crippen MR) is 107 cm³/mol. The number of aldehydes is 1. The van der Waals surface area contributed by atoms with E-state index in [1.165, 1.54) is 0 Å². The highest BCUT2D eigenvalue weighted by molar-refractivity contribution is 5.83. The summed E-state index contributed by atoms with van der Waals surface area (Å²) >= 11 is 0. The van der Waals surface area contributed by atoms with E-state index in [1.807, 2.05) is 54.3 Å². The van der Waals surface area contributed by atoms with Crippen molar-refractivity contribution in [2.75, 3.05) is 5.32 Å². The van der Waals surface area contributed by atoms with Crippen molar-refractivity contribution in [3.8, 4) is 11.1 Å². The first-order valence-electron chi connectivity index (χ1n) is 8.86. The Bertz CT molecular complexity index is 1310. The Morgan fingerprint density at radius 2 is 2.14 bits per heavy atom.